The lowest BCUT2D eigenvalue weighted by Crippen LogP contribution is -2.40. The number of fused-ring (bicyclic) bond motifs is 2. The number of nitrogens with one attached hydrogen (secondary N) is 2. The Morgan fingerprint density at radius 1 is 1.46 bits per heavy atom. The molecule has 0 aromatic heterocycles. The van der Waals surface area contributed by atoms with Crippen LogP contribution in [0.2, 0.25) is 0 Å². The molecule has 0 aromatic carbocycles. The van der Waals surface area contributed by atoms with Crippen molar-refractivity contribution in [2.75, 3.05) is 6.54 Å². The van der Waals surface area contributed by atoms with Gasteiger partial charge in [-0.1, -0.05) is 6.58 Å². The van der Waals surface area contributed by atoms with Crippen molar-refractivity contribution in [1.29, 1.82) is 0 Å². The first-order valence-electron chi connectivity index (χ1n) is 4.94. The van der Waals surface area contributed by atoms with Gasteiger partial charge in [-0.2, -0.15) is 0 Å². The molecule has 0 aromatic rings. The van der Waals surface area contributed by atoms with E-state index in [1.54, 1.807) is 0 Å². The predicted molar refractivity (Wildman–Crippen MR) is 51.3 cm³/mol. The van der Waals surface area contributed by atoms with E-state index in [1.165, 1.54) is 12.5 Å². The van der Waals surface area contributed by atoms with E-state index in [4.69, 9.17) is 0 Å². The van der Waals surface area contributed by atoms with Gasteiger partial charge in [-0.15, -0.1) is 0 Å². The van der Waals surface area contributed by atoms with Gasteiger partial charge in [0.2, 0.25) is 5.91 Å². The zero-order valence-electron chi connectivity index (χ0n) is 7.75. The van der Waals surface area contributed by atoms with Crippen LogP contribution in [0.4, 0.5) is 0 Å². The van der Waals surface area contributed by atoms with Crippen molar-refractivity contribution in [1.82, 2.24) is 10.6 Å². The van der Waals surface area contributed by atoms with Crippen LogP contribution >= 0.6 is 0 Å². The molecule has 72 valence electrons. The average molecular weight is 180 g/mol. The zero-order valence-corrected chi connectivity index (χ0v) is 7.75. The van der Waals surface area contributed by atoms with Crippen molar-refractivity contribution in [2.24, 2.45) is 5.92 Å². The summed E-state index contributed by atoms with van der Waals surface area (Å²) in [4.78, 5) is 11.1. The average Bonchev–Trinajstić information content (AvgIpc) is 2.46. The molecule has 2 fully saturated rings. The lowest BCUT2D eigenvalue weighted by Gasteiger charge is -2.27. The summed E-state index contributed by atoms with van der Waals surface area (Å²) in [5.74, 6) is 0.736. The van der Waals surface area contributed by atoms with Crippen LogP contribution in [0, 0.1) is 5.92 Å². The Hall–Kier alpha value is -0.830. The van der Waals surface area contributed by atoms with Gasteiger partial charge in [0.15, 0.2) is 0 Å². The highest BCUT2D eigenvalue weighted by Gasteiger charge is 2.33. The summed E-state index contributed by atoms with van der Waals surface area (Å²) in [5, 5.41) is 6.43. The molecule has 2 bridgehead atoms. The van der Waals surface area contributed by atoms with Gasteiger partial charge in [0, 0.05) is 12.1 Å². The lowest BCUT2D eigenvalue weighted by atomic mass is 9.86. The van der Waals surface area contributed by atoms with Crippen molar-refractivity contribution in [3.8, 4) is 0 Å². The Kier molecular flexibility index (Phi) is 2.36. The number of rotatable bonds is 2. The maximum Gasteiger partial charge on any atom is 0.243 e. The Balaban J connectivity index is 1.88. The van der Waals surface area contributed by atoms with E-state index in [1.807, 2.05) is 0 Å². The van der Waals surface area contributed by atoms with Gasteiger partial charge in [0.1, 0.15) is 0 Å². The maximum atomic E-state index is 11.1. The van der Waals surface area contributed by atoms with Crippen LogP contribution in [-0.2, 0) is 4.79 Å². The summed E-state index contributed by atoms with van der Waals surface area (Å²) in [6.45, 7) is 4.58. The van der Waals surface area contributed by atoms with Gasteiger partial charge in [-0.3, -0.25) is 4.79 Å². The lowest BCUT2D eigenvalue weighted by molar-refractivity contribution is -0.117. The normalized spacial score (nSPS) is 37.1. The Labute approximate surface area is 78.6 Å². The summed E-state index contributed by atoms with van der Waals surface area (Å²) >= 11 is 0. The molecule has 1 heterocycles. The molecule has 3 heteroatoms. The Morgan fingerprint density at radius 3 is 3.00 bits per heavy atom. The molecule has 2 rings (SSSR count). The fourth-order valence-corrected chi connectivity index (χ4v) is 2.48. The fraction of sp³-hybridized carbons (Fsp3) is 0.700. The molecular weight excluding hydrogens is 164 g/mol. The number of hydrogen-bond donors (Lipinski definition) is 2. The van der Waals surface area contributed by atoms with E-state index in [2.05, 4.69) is 17.2 Å². The van der Waals surface area contributed by atoms with Crippen molar-refractivity contribution >= 4 is 5.91 Å². The topological polar surface area (TPSA) is 41.1 Å². The van der Waals surface area contributed by atoms with E-state index in [0.717, 1.165) is 25.3 Å². The molecule has 2 aliphatic rings. The van der Waals surface area contributed by atoms with Crippen LogP contribution in [0.1, 0.15) is 19.3 Å². The molecule has 1 saturated heterocycles. The van der Waals surface area contributed by atoms with E-state index >= 15 is 0 Å². The minimum Gasteiger partial charge on any atom is -0.350 e. The molecular formula is C10H16N2O. The fourth-order valence-electron chi connectivity index (χ4n) is 2.48. The molecule has 3 atom stereocenters. The smallest absolute Gasteiger partial charge is 0.243 e. The van der Waals surface area contributed by atoms with Crippen LogP contribution < -0.4 is 10.6 Å². The Morgan fingerprint density at radius 2 is 2.31 bits per heavy atom. The van der Waals surface area contributed by atoms with Crippen molar-refractivity contribution < 1.29 is 4.79 Å². The quantitative estimate of drug-likeness (QED) is 0.605. The number of carbonyl (C=O) groups excluding carboxylic acids is 1. The first-order chi connectivity index (χ1) is 6.28. The maximum absolute atomic E-state index is 11.1. The third-order valence-corrected chi connectivity index (χ3v) is 3.03. The summed E-state index contributed by atoms with van der Waals surface area (Å²) in [6, 6.07) is 0.998. The highest BCUT2D eigenvalue weighted by atomic mass is 16.1. The van der Waals surface area contributed by atoms with Crippen LogP contribution in [0.3, 0.4) is 0 Å². The van der Waals surface area contributed by atoms with Crippen molar-refractivity contribution in [2.45, 2.75) is 31.3 Å². The number of carbonyl (C=O) groups is 1. The summed E-state index contributed by atoms with van der Waals surface area (Å²) < 4.78 is 0. The largest absolute Gasteiger partial charge is 0.350 e. The second-order valence-electron chi connectivity index (χ2n) is 4.09. The second kappa shape index (κ2) is 3.50. The van der Waals surface area contributed by atoms with Crippen LogP contribution in [0.5, 0.6) is 0 Å². The summed E-state index contributed by atoms with van der Waals surface area (Å²) in [7, 11) is 0. The van der Waals surface area contributed by atoms with E-state index in [0.29, 0.717) is 12.1 Å². The molecule has 1 saturated carbocycles. The third-order valence-electron chi connectivity index (χ3n) is 3.03. The second-order valence-corrected chi connectivity index (χ2v) is 4.09. The van der Waals surface area contributed by atoms with Gasteiger partial charge >= 0.3 is 0 Å². The van der Waals surface area contributed by atoms with Crippen LogP contribution in [0.25, 0.3) is 0 Å². The van der Waals surface area contributed by atoms with E-state index in [-0.39, 0.29) is 5.91 Å². The third kappa shape index (κ3) is 1.91. The zero-order chi connectivity index (χ0) is 9.26. The van der Waals surface area contributed by atoms with Gasteiger partial charge < -0.3 is 10.6 Å². The van der Waals surface area contributed by atoms with Gasteiger partial charge in [-0.05, 0) is 37.8 Å². The SMILES string of the molecule is C=CC(=O)NC1CC2CNC(C2)C1. The molecule has 3 nitrogen and oxygen atoms in total. The van der Waals surface area contributed by atoms with E-state index < -0.39 is 0 Å². The van der Waals surface area contributed by atoms with Gasteiger partial charge in [0.05, 0.1) is 0 Å². The highest BCUT2D eigenvalue weighted by molar-refractivity contribution is 5.87. The monoisotopic (exact) mass is 180 g/mol. The molecule has 2 N–H and O–H groups in total. The van der Waals surface area contributed by atoms with Crippen molar-refractivity contribution in [3.05, 3.63) is 12.7 Å². The molecule has 3 unspecified atom stereocenters. The molecule has 1 aliphatic heterocycles. The number of amides is 1. The van der Waals surface area contributed by atoms with Gasteiger partial charge in [0.25, 0.3) is 0 Å². The molecule has 0 radical (unpaired) electrons. The summed E-state index contributed by atoms with van der Waals surface area (Å²) in [5.41, 5.74) is 0. The Bertz CT molecular complexity index is 215. The summed E-state index contributed by atoms with van der Waals surface area (Å²) in [6.07, 6.45) is 4.85. The predicted octanol–water partition coefficient (Wildman–Crippen LogP) is 0.429. The highest BCUT2D eigenvalue weighted by Crippen LogP contribution is 2.29. The molecule has 1 aliphatic carbocycles. The van der Waals surface area contributed by atoms with Gasteiger partial charge in [-0.25, -0.2) is 0 Å². The first kappa shape index (κ1) is 8.75. The van der Waals surface area contributed by atoms with Crippen LogP contribution in [0.15, 0.2) is 12.7 Å². The van der Waals surface area contributed by atoms with Crippen LogP contribution in [-0.4, -0.2) is 24.5 Å². The number of hydrogen-bond acceptors (Lipinski definition) is 2. The standard InChI is InChI=1S/C10H16N2O/c1-2-10(13)12-9-4-7-3-8(5-9)11-6-7/h2,7-9,11H,1,3-6H2,(H,12,13). The molecule has 0 spiro atoms. The minimum atomic E-state index is -0.0358. The first-order valence-corrected chi connectivity index (χ1v) is 4.94. The molecule has 1 amide bonds. The van der Waals surface area contributed by atoms with Crippen molar-refractivity contribution in [3.63, 3.8) is 0 Å². The molecule has 13 heavy (non-hydrogen) atoms. The van der Waals surface area contributed by atoms with E-state index in [9.17, 15) is 4.79 Å². The minimum absolute atomic E-state index is 0.0358.